The van der Waals surface area contributed by atoms with Crippen LogP contribution in [-0.2, 0) is 0 Å². The van der Waals surface area contributed by atoms with Gasteiger partial charge < -0.3 is 0 Å². The van der Waals surface area contributed by atoms with Gasteiger partial charge in [-0.1, -0.05) is 133 Å². The molecule has 0 saturated carbocycles. The van der Waals surface area contributed by atoms with E-state index in [9.17, 15) is 0 Å². The van der Waals surface area contributed by atoms with E-state index in [4.69, 9.17) is 15.0 Å². The molecule has 3 heteroatoms. The molecule has 0 atom stereocenters. The SMILES string of the molecule is c1ccc(-c2nc(-c3ccccc3)nc(-c3ccc4ccc(-c5ccc6ccc7ccccc7c6c5)cc4c3)n2)cc1. The Labute approximate surface area is 243 Å². The normalized spacial score (nSPS) is 11.3. The first-order valence-electron chi connectivity index (χ1n) is 14.1. The van der Waals surface area contributed by atoms with Gasteiger partial charge in [0.2, 0.25) is 0 Å². The van der Waals surface area contributed by atoms with Gasteiger partial charge >= 0.3 is 0 Å². The number of benzene rings is 7. The first-order chi connectivity index (χ1) is 20.8. The zero-order valence-corrected chi connectivity index (χ0v) is 22.8. The zero-order chi connectivity index (χ0) is 27.9. The molecule has 196 valence electrons. The number of fused-ring (bicyclic) bond motifs is 4. The Morgan fingerprint density at radius 3 is 1.38 bits per heavy atom. The molecule has 0 radical (unpaired) electrons. The van der Waals surface area contributed by atoms with Gasteiger partial charge in [-0.15, -0.1) is 0 Å². The van der Waals surface area contributed by atoms with E-state index in [2.05, 4.69) is 91.0 Å². The Hall–Kier alpha value is -5.67. The summed E-state index contributed by atoms with van der Waals surface area (Å²) in [5.74, 6) is 1.99. The number of hydrogen-bond donors (Lipinski definition) is 0. The van der Waals surface area contributed by atoms with Crippen LogP contribution in [-0.4, -0.2) is 15.0 Å². The molecule has 3 nitrogen and oxygen atoms in total. The quantitative estimate of drug-likeness (QED) is 0.211. The predicted molar refractivity (Wildman–Crippen MR) is 174 cm³/mol. The molecule has 0 N–H and O–H groups in total. The van der Waals surface area contributed by atoms with Gasteiger partial charge in [0.05, 0.1) is 0 Å². The van der Waals surface area contributed by atoms with Crippen LogP contribution < -0.4 is 0 Å². The van der Waals surface area contributed by atoms with Crippen LogP contribution in [0.1, 0.15) is 0 Å². The fourth-order valence-corrected chi connectivity index (χ4v) is 5.68. The lowest BCUT2D eigenvalue weighted by Gasteiger charge is -2.10. The molecule has 0 bridgehead atoms. The summed E-state index contributed by atoms with van der Waals surface area (Å²) in [6, 6.07) is 53.0. The van der Waals surface area contributed by atoms with E-state index in [1.165, 1.54) is 38.1 Å². The van der Waals surface area contributed by atoms with Crippen molar-refractivity contribution in [3.8, 4) is 45.3 Å². The lowest BCUT2D eigenvalue weighted by atomic mass is 9.95. The maximum atomic E-state index is 4.93. The summed E-state index contributed by atoms with van der Waals surface area (Å²) in [5.41, 5.74) is 5.26. The summed E-state index contributed by atoms with van der Waals surface area (Å²) in [7, 11) is 0. The van der Waals surface area contributed by atoms with Crippen molar-refractivity contribution >= 4 is 32.3 Å². The van der Waals surface area contributed by atoms with E-state index in [1.807, 2.05) is 60.7 Å². The van der Waals surface area contributed by atoms with E-state index < -0.39 is 0 Å². The standard InChI is InChI=1S/C39H25N3/c1-3-10-29(11-4-1)37-40-38(30-12-5-2-6-13-30)42-39(41-37)33-22-16-26-15-20-31(23-34(26)24-33)32-21-19-28-18-17-27-9-7-8-14-35(27)36(28)25-32/h1-25H. The van der Waals surface area contributed by atoms with Crippen LogP contribution in [0.25, 0.3) is 77.6 Å². The fourth-order valence-electron chi connectivity index (χ4n) is 5.68. The third kappa shape index (κ3) is 4.38. The lowest BCUT2D eigenvalue weighted by Crippen LogP contribution is -2.00. The van der Waals surface area contributed by atoms with Gasteiger partial charge in [0.1, 0.15) is 0 Å². The number of hydrogen-bond acceptors (Lipinski definition) is 3. The third-order valence-corrected chi connectivity index (χ3v) is 7.88. The first kappa shape index (κ1) is 24.2. The number of rotatable bonds is 4. The molecule has 42 heavy (non-hydrogen) atoms. The second-order valence-corrected chi connectivity index (χ2v) is 10.5. The molecule has 0 saturated heterocycles. The van der Waals surface area contributed by atoms with Crippen LogP contribution in [0.4, 0.5) is 0 Å². The third-order valence-electron chi connectivity index (χ3n) is 7.88. The molecule has 0 unspecified atom stereocenters. The van der Waals surface area contributed by atoms with Gasteiger partial charge in [0, 0.05) is 16.7 Å². The minimum atomic E-state index is 0.659. The number of aromatic nitrogens is 3. The molecule has 1 aromatic heterocycles. The van der Waals surface area contributed by atoms with Crippen LogP contribution in [0, 0.1) is 0 Å². The van der Waals surface area contributed by atoms with E-state index in [0.29, 0.717) is 17.5 Å². The minimum Gasteiger partial charge on any atom is -0.208 e. The second kappa shape index (κ2) is 10.1. The van der Waals surface area contributed by atoms with Crippen molar-refractivity contribution in [3.63, 3.8) is 0 Å². The Morgan fingerprint density at radius 1 is 0.262 bits per heavy atom. The summed E-state index contributed by atoms with van der Waals surface area (Å²) in [5, 5.41) is 7.37. The van der Waals surface area contributed by atoms with Crippen molar-refractivity contribution in [1.82, 2.24) is 15.0 Å². The monoisotopic (exact) mass is 535 g/mol. The summed E-state index contributed by atoms with van der Waals surface area (Å²) in [6.07, 6.45) is 0. The Morgan fingerprint density at radius 2 is 0.714 bits per heavy atom. The Kier molecular flexibility index (Phi) is 5.79. The van der Waals surface area contributed by atoms with Crippen molar-refractivity contribution in [2.24, 2.45) is 0 Å². The average Bonchev–Trinajstić information content (AvgIpc) is 3.08. The van der Waals surface area contributed by atoms with Gasteiger partial charge in [-0.2, -0.15) is 0 Å². The molecule has 8 aromatic rings. The second-order valence-electron chi connectivity index (χ2n) is 10.5. The minimum absolute atomic E-state index is 0.659. The van der Waals surface area contributed by atoms with Crippen molar-refractivity contribution in [3.05, 3.63) is 152 Å². The highest BCUT2D eigenvalue weighted by Crippen LogP contribution is 2.33. The predicted octanol–water partition coefficient (Wildman–Crippen LogP) is 10.00. The molecule has 0 aliphatic rings. The van der Waals surface area contributed by atoms with Gasteiger partial charge in [0.25, 0.3) is 0 Å². The molecular weight excluding hydrogens is 510 g/mol. The Balaban J connectivity index is 1.25. The van der Waals surface area contributed by atoms with Crippen LogP contribution in [0.15, 0.2) is 152 Å². The molecule has 0 aliphatic heterocycles. The van der Waals surface area contributed by atoms with Crippen LogP contribution in [0.3, 0.4) is 0 Å². The molecular formula is C39H25N3. The number of nitrogens with zero attached hydrogens (tertiary/aromatic N) is 3. The highest BCUT2D eigenvalue weighted by Gasteiger charge is 2.13. The molecule has 0 fully saturated rings. The van der Waals surface area contributed by atoms with Crippen molar-refractivity contribution in [2.45, 2.75) is 0 Å². The maximum Gasteiger partial charge on any atom is 0.164 e. The molecule has 8 rings (SSSR count). The fraction of sp³-hybridized carbons (Fsp3) is 0. The summed E-state index contributed by atoms with van der Waals surface area (Å²) in [6.45, 7) is 0. The van der Waals surface area contributed by atoms with E-state index in [1.54, 1.807) is 0 Å². The van der Waals surface area contributed by atoms with Gasteiger partial charge in [0.15, 0.2) is 17.5 Å². The maximum absolute atomic E-state index is 4.93. The van der Waals surface area contributed by atoms with Crippen molar-refractivity contribution in [2.75, 3.05) is 0 Å². The van der Waals surface area contributed by atoms with Gasteiger partial charge in [-0.3, -0.25) is 0 Å². The lowest BCUT2D eigenvalue weighted by molar-refractivity contribution is 1.07. The Bertz CT molecular complexity index is 2180. The van der Waals surface area contributed by atoms with Crippen molar-refractivity contribution in [1.29, 1.82) is 0 Å². The largest absolute Gasteiger partial charge is 0.208 e. The first-order valence-corrected chi connectivity index (χ1v) is 14.1. The van der Waals surface area contributed by atoms with Gasteiger partial charge in [-0.25, -0.2) is 15.0 Å². The average molecular weight is 536 g/mol. The summed E-state index contributed by atoms with van der Waals surface area (Å²) in [4.78, 5) is 14.7. The summed E-state index contributed by atoms with van der Waals surface area (Å²) >= 11 is 0. The topological polar surface area (TPSA) is 38.7 Å². The smallest absolute Gasteiger partial charge is 0.164 e. The van der Waals surface area contributed by atoms with E-state index >= 15 is 0 Å². The summed E-state index contributed by atoms with van der Waals surface area (Å²) < 4.78 is 0. The molecule has 0 aliphatic carbocycles. The van der Waals surface area contributed by atoms with Crippen LogP contribution in [0.2, 0.25) is 0 Å². The van der Waals surface area contributed by atoms with Crippen molar-refractivity contribution < 1.29 is 0 Å². The zero-order valence-electron chi connectivity index (χ0n) is 22.8. The highest BCUT2D eigenvalue weighted by molar-refractivity contribution is 6.08. The van der Waals surface area contributed by atoms with Crippen LogP contribution >= 0.6 is 0 Å². The molecule has 0 spiro atoms. The molecule has 1 heterocycles. The van der Waals surface area contributed by atoms with Crippen LogP contribution in [0.5, 0.6) is 0 Å². The molecule has 7 aromatic carbocycles. The van der Waals surface area contributed by atoms with E-state index in [0.717, 1.165) is 22.1 Å². The highest BCUT2D eigenvalue weighted by atomic mass is 15.0. The van der Waals surface area contributed by atoms with Gasteiger partial charge in [-0.05, 0) is 61.6 Å². The molecule has 0 amide bonds. The van der Waals surface area contributed by atoms with E-state index in [-0.39, 0.29) is 0 Å².